The Balaban J connectivity index is 2.71. The van der Waals surface area contributed by atoms with Crippen molar-refractivity contribution >= 4 is 6.29 Å². The second-order valence-electron chi connectivity index (χ2n) is 8.10. The smallest absolute Gasteiger partial charge is 0.145 e. The van der Waals surface area contributed by atoms with Crippen molar-refractivity contribution in [3.05, 3.63) is 83.1 Å². The van der Waals surface area contributed by atoms with E-state index in [0.29, 0.717) is 11.5 Å². The third kappa shape index (κ3) is 8.36. The van der Waals surface area contributed by atoms with Crippen molar-refractivity contribution in [1.29, 1.82) is 0 Å². The predicted molar refractivity (Wildman–Crippen MR) is 116 cm³/mol. The van der Waals surface area contributed by atoms with Crippen LogP contribution in [0.3, 0.4) is 0 Å². The molecule has 0 aromatic heterocycles. The lowest BCUT2D eigenvalue weighted by atomic mass is 9.67. The number of allylic oxidation sites excluding steroid dienone is 13. The molecular weight excluding hydrogens is 332 g/mol. The van der Waals surface area contributed by atoms with Crippen LogP contribution < -0.4 is 0 Å². The highest BCUT2D eigenvalue weighted by Crippen LogP contribution is 2.41. The first-order valence-electron chi connectivity index (χ1n) is 9.52. The van der Waals surface area contributed by atoms with Crippen molar-refractivity contribution in [2.75, 3.05) is 0 Å². The van der Waals surface area contributed by atoms with Crippen LogP contribution in [-0.4, -0.2) is 17.5 Å². The maximum Gasteiger partial charge on any atom is 0.145 e. The summed E-state index contributed by atoms with van der Waals surface area (Å²) in [5.41, 5.74) is 4.33. The van der Waals surface area contributed by atoms with Crippen LogP contribution in [0.5, 0.6) is 0 Å². The van der Waals surface area contributed by atoms with Crippen LogP contribution in [-0.2, 0) is 4.79 Å². The van der Waals surface area contributed by atoms with Crippen LogP contribution >= 0.6 is 0 Å². The molecule has 0 spiro atoms. The second kappa shape index (κ2) is 10.8. The summed E-state index contributed by atoms with van der Waals surface area (Å²) in [6.07, 6.45) is 21.5. The fourth-order valence-electron chi connectivity index (χ4n) is 3.33. The first-order valence-corrected chi connectivity index (χ1v) is 9.52. The molecule has 0 unspecified atom stereocenters. The molecule has 1 N–H and O–H groups in total. The molecular formula is C25H34O2. The lowest BCUT2D eigenvalue weighted by molar-refractivity contribution is -0.104. The highest BCUT2D eigenvalue weighted by atomic mass is 16.3. The van der Waals surface area contributed by atoms with Crippen LogP contribution in [0.15, 0.2) is 83.1 Å². The zero-order valence-electron chi connectivity index (χ0n) is 17.6. The van der Waals surface area contributed by atoms with E-state index in [1.54, 1.807) is 13.0 Å². The largest absolute Gasteiger partial charge is 0.389 e. The molecule has 1 rings (SSSR count). The van der Waals surface area contributed by atoms with Crippen LogP contribution in [0, 0.1) is 11.3 Å². The molecule has 0 aromatic carbocycles. The maximum atomic E-state index is 10.5. The van der Waals surface area contributed by atoms with E-state index >= 15 is 0 Å². The van der Waals surface area contributed by atoms with Crippen molar-refractivity contribution in [2.24, 2.45) is 11.3 Å². The molecule has 146 valence electrons. The van der Waals surface area contributed by atoms with E-state index in [2.05, 4.69) is 52.0 Å². The monoisotopic (exact) mass is 366 g/mol. The molecule has 0 saturated heterocycles. The highest BCUT2D eigenvalue weighted by molar-refractivity contribution is 5.72. The van der Waals surface area contributed by atoms with Gasteiger partial charge in [-0.25, -0.2) is 0 Å². The van der Waals surface area contributed by atoms with E-state index in [9.17, 15) is 9.90 Å². The Bertz CT molecular complexity index is 721. The molecule has 0 aliphatic heterocycles. The van der Waals surface area contributed by atoms with Gasteiger partial charge in [0.1, 0.15) is 6.29 Å². The molecule has 2 atom stereocenters. The van der Waals surface area contributed by atoms with E-state index < -0.39 is 0 Å². The number of aliphatic hydroxyl groups excluding tert-OH is 1. The molecule has 2 heteroatoms. The maximum absolute atomic E-state index is 10.5. The van der Waals surface area contributed by atoms with Crippen molar-refractivity contribution < 1.29 is 9.90 Å². The van der Waals surface area contributed by atoms with Crippen LogP contribution in [0.1, 0.15) is 48.0 Å². The molecule has 0 radical (unpaired) electrons. The van der Waals surface area contributed by atoms with Gasteiger partial charge < -0.3 is 5.11 Å². The number of hydrogen-bond acceptors (Lipinski definition) is 2. The van der Waals surface area contributed by atoms with Crippen molar-refractivity contribution in [3.8, 4) is 0 Å². The van der Waals surface area contributed by atoms with Crippen molar-refractivity contribution in [1.82, 2.24) is 0 Å². The second-order valence-corrected chi connectivity index (χ2v) is 8.10. The summed E-state index contributed by atoms with van der Waals surface area (Å²) in [5, 5.41) is 9.95. The Labute approximate surface area is 165 Å². The minimum atomic E-state index is -0.328. The lowest BCUT2D eigenvalue weighted by Gasteiger charge is -2.38. The molecule has 0 bridgehead atoms. The number of aldehydes is 1. The van der Waals surface area contributed by atoms with Crippen LogP contribution in [0.25, 0.3) is 0 Å². The summed E-state index contributed by atoms with van der Waals surface area (Å²) < 4.78 is 0. The SMILES string of the molecule is CC1=C[C@@H](O)CC(C)(C)[C@H]1/C=C/C(C)=C/C=C/C(C)=C/C=C/C=C(\C)C=O. The van der Waals surface area contributed by atoms with Crippen LogP contribution in [0.4, 0.5) is 0 Å². The summed E-state index contributed by atoms with van der Waals surface area (Å²) >= 11 is 0. The standard InChI is InChI=1S/C25H34O2/c1-19(10-7-8-11-21(3)18-26)12-9-13-20(2)14-15-24-22(4)16-23(27)17-25(24,5)6/h7-16,18,23-24,27H,17H2,1-6H3/b8-7+,12-9+,15-14+,19-10+,20-13+,21-11+/t23-,24+/m1/s1. The van der Waals surface area contributed by atoms with E-state index in [1.807, 2.05) is 37.3 Å². The molecule has 27 heavy (non-hydrogen) atoms. The Morgan fingerprint density at radius 3 is 2.15 bits per heavy atom. The quantitative estimate of drug-likeness (QED) is 0.258. The number of carbonyl (C=O) groups excluding carboxylic acids is 1. The van der Waals surface area contributed by atoms with Crippen molar-refractivity contribution in [3.63, 3.8) is 0 Å². The van der Waals surface area contributed by atoms with E-state index in [4.69, 9.17) is 0 Å². The molecule has 1 aliphatic carbocycles. The summed E-state index contributed by atoms with van der Waals surface area (Å²) in [6, 6.07) is 0. The van der Waals surface area contributed by atoms with Crippen molar-refractivity contribution in [2.45, 2.75) is 54.1 Å². The van der Waals surface area contributed by atoms with Gasteiger partial charge in [-0.05, 0) is 45.1 Å². The highest BCUT2D eigenvalue weighted by Gasteiger charge is 2.34. The van der Waals surface area contributed by atoms with E-state index in [0.717, 1.165) is 18.3 Å². The van der Waals surface area contributed by atoms with Gasteiger partial charge in [-0.2, -0.15) is 0 Å². The van der Waals surface area contributed by atoms with Crippen LogP contribution in [0.2, 0.25) is 0 Å². The van der Waals surface area contributed by atoms with E-state index in [1.165, 1.54) is 11.1 Å². The lowest BCUT2D eigenvalue weighted by Crippen LogP contribution is -2.32. The molecule has 0 saturated carbocycles. The van der Waals surface area contributed by atoms with Gasteiger partial charge >= 0.3 is 0 Å². The van der Waals surface area contributed by atoms with E-state index in [-0.39, 0.29) is 11.5 Å². The summed E-state index contributed by atoms with van der Waals surface area (Å²) in [5.74, 6) is 0.350. The molecule has 1 aliphatic rings. The number of hydrogen-bond donors (Lipinski definition) is 1. The van der Waals surface area contributed by atoms with Gasteiger partial charge in [0.2, 0.25) is 0 Å². The van der Waals surface area contributed by atoms with Gasteiger partial charge in [-0.1, -0.05) is 91.3 Å². The first kappa shape index (κ1) is 22.9. The summed E-state index contributed by atoms with van der Waals surface area (Å²) in [4.78, 5) is 10.5. The Morgan fingerprint density at radius 1 is 1.00 bits per heavy atom. The fourth-order valence-corrected chi connectivity index (χ4v) is 3.33. The van der Waals surface area contributed by atoms with Gasteiger partial charge in [0.25, 0.3) is 0 Å². The Morgan fingerprint density at radius 2 is 1.56 bits per heavy atom. The molecule has 0 heterocycles. The minimum Gasteiger partial charge on any atom is -0.389 e. The summed E-state index contributed by atoms with van der Waals surface area (Å²) in [7, 11) is 0. The van der Waals surface area contributed by atoms with Gasteiger partial charge in [-0.15, -0.1) is 0 Å². The molecule has 2 nitrogen and oxygen atoms in total. The van der Waals surface area contributed by atoms with Gasteiger partial charge in [0.15, 0.2) is 0 Å². The average Bonchev–Trinajstić information content (AvgIpc) is 2.56. The third-order valence-corrected chi connectivity index (χ3v) is 4.81. The Kier molecular flexibility index (Phi) is 9.17. The van der Waals surface area contributed by atoms with Gasteiger partial charge in [0, 0.05) is 5.92 Å². The predicted octanol–water partition coefficient (Wildman–Crippen LogP) is 6.05. The zero-order chi connectivity index (χ0) is 20.4. The number of carbonyl (C=O) groups is 1. The first-order chi connectivity index (χ1) is 12.7. The topological polar surface area (TPSA) is 37.3 Å². The normalized spacial score (nSPS) is 24.9. The van der Waals surface area contributed by atoms with Gasteiger partial charge in [0.05, 0.1) is 6.10 Å². The van der Waals surface area contributed by atoms with Gasteiger partial charge in [-0.3, -0.25) is 4.79 Å². The average molecular weight is 367 g/mol. The number of aliphatic hydroxyl groups is 1. The summed E-state index contributed by atoms with van der Waals surface area (Å²) in [6.45, 7) is 12.5. The fraction of sp³-hybridized carbons (Fsp3) is 0.400. The molecule has 0 aromatic rings. The molecule has 0 fully saturated rings. The zero-order valence-corrected chi connectivity index (χ0v) is 17.6. The minimum absolute atomic E-state index is 0.0627. The molecule has 0 amide bonds. The Hall–Kier alpha value is -2.19. The number of rotatable bonds is 7. The third-order valence-electron chi connectivity index (χ3n) is 4.81.